The van der Waals surface area contributed by atoms with Crippen molar-refractivity contribution in [3.05, 3.63) is 24.2 Å². The molecule has 0 aliphatic carbocycles. The minimum atomic E-state index is -5.15. The molecular formula is C19H19F3N4O6. The van der Waals surface area contributed by atoms with E-state index < -0.39 is 18.4 Å². The van der Waals surface area contributed by atoms with Crippen LogP contribution < -0.4 is 4.74 Å². The number of aromatic nitrogens is 3. The predicted octanol–water partition coefficient (Wildman–Crippen LogP) is 2.93. The molecule has 1 saturated heterocycles. The van der Waals surface area contributed by atoms with E-state index >= 15 is 0 Å². The molecule has 0 spiro atoms. The maximum absolute atomic E-state index is 12.6. The fourth-order valence-corrected chi connectivity index (χ4v) is 2.96. The van der Waals surface area contributed by atoms with Gasteiger partial charge in [0.1, 0.15) is 0 Å². The van der Waals surface area contributed by atoms with Gasteiger partial charge in [-0.2, -0.15) is 28.1 Å². The van der Waals surface area contributed by atoms with Crippen LogP contribution in [0.1, 0.15) is 19.2 Å². The average molecular weight is 456 g/mol. The van der Waals surface area contributed by atoms with Crippen LogP contribution in [0.4, 0.5) is 13.2 Å². The summed E-state index contributed by atoms with van der Waals surface area (Å²) in [5.41, 5.74) is 0.116. The van der Waals surface area contributed by atoms with Crippen molar-refractivity contribution in [2.45, 2.75) is 32.4 Å². The summed E-state index contributed by atoms with van der Waals surface area (Å²) < 4.78 is 64.0. The summed E-state index contributed by atoms with van der Waals surface area (Å²) in [5.74, 6) is -1.82. The van der Waals surface area contributed by atoms with Gasteiger partial charge in [-0.1, -0.05) is 6.92 Å². The monoisotopic (exact) mass is 456 g/mol. The molecule has 4 heterocycles. The Balaban J connectivity index is 1.66. The minimum Gasteiger partial charge on any atom is -0.459 e. The van der Waals surface area contributed by atoms with Crippen molar-refractivity contribution in [3.63, 3.8) is 0 Å². The van der Waals surface area contributed by atoms with Gasteiger partial charge < -0.3 is 23.0 Å². The summed E-state index contributed by atoms with van der Waals surface area (Å²) in [6.07, 6.45) is -5.32. The van der Waals surface area contributed by atoms with Crippen LogP contribution in [0.25, 0.3) is 22.9 Å². The number of fused-ring (bicyclic) bond motifs is 1. The number of hydrogen-bond acceptors (Lipinski definition) is 10. The highest BCUT2D eigenvalue weighted by Crippen LogP contribution is 2.30. The molecule has 0 radical (unpaired) electrons. The molecule has 0 saturated carbocycles. The number of esters is 1. The summed E-state index contributed by atoms with van der Waals surface area (Å²) in [6, 6.07) is 3.26. The Morgan fingerprint density at radius 3 is 2.69 bits per heavy atom. The zero-order valence-corrected chi connectivity index (χ0v) is 16.9. The third-order valence-electron chi connectivity index (χ3n) is 4.52. The van der Waals surface area contributed by atoms with Crippen molar-refractivity contribution >= 4 is 17.2 Å². The molecule has 1 aliphatic rings. The lowest BCUT2D eigenvalue weighted by atomic mass is 10.4. The normalized spacial score (nSPS) is 16.2. The quantitative estimate of drug-likeness (QED) is 0.388. The molecule has 3 aromatic heterocycles. The van der Waals surface area contributed by atoms with Crippen molar-refractivity contribution in [3.8, 4) is 17.5 Å². The molecule has 172 valence electrons. The maximum atomic E-state index is 12.6. The molecule has 32 heavy (non-hydrogen) atoms. The lowest BCUT2D eigenvalue weighted by molar-refractivity contribution is -0.216. The third kappa shape index (κ3) is 4.99. The maximum Gasteiger partial charge on any atom is 0.491 e. The van der Waals surface area contributed by atoms with E-state index in [0.717, 1.165) is 0 Å². The topological polar surface area (TPSA) is 113 Å². The largest absolute Gasteiger partial charge is 0.491 e. The number of alkyl halides is 3. The van der Waals surface area contributed by atoms with Gasteiger partial charge in [-0.15, -0.1) is 0 Å². The molecule has 0 amide bonds. The van der Waals surface area contributed by atoms with Gasteiger partial charge in [-0.05, 0) is 12.1 Å². The van der Waals surface area contributed by atoms with Gasteiger partial charge in [0.15, 0.2) is 17.1 Å². The van der Waals surface area contributed by atoms with Crippen LogP contribution in [0.3, 0.4) is 0 Å². The second-order valence-corrected chi connectivity index (χ2v) is 6.84. The van der Waals surface area contributed by atoms with Gasteiger partial charge in [0.25, 0.3) is 17.5 Å². The number of hydrogen-bond donors (Lipinski definition) is 0. The van der Waals surface area contributed by atoms with E-state index in [1.807, 2.05) is 4.90 Å². The van der Waals surface area contributed by atoms with Crippen LogP contribution in [0.5, 0.6) is 5.88 Å². The van der Waals surface area contributed by atoms with Crippen molar-refractivity contribution in [1.29, 1.82) is 0 Å². The van der Waals surface area contributed by atoms with Gasteiger partial charge in [-0.25, -0.2) is 4.79 Å². The molecule has 0 aromatic carbocycles. The van der Waals surface area contributed by atoms with Crippen LogP contribution in [-0.2, 0) is 20.8 Å². The van der Waals surface area contributed by atoms with E-state index in [1.165, 1.54) is 13.2 Å². The van der Waals surface area contributed by atoms with Gasteiger partial charge in [-0.3, -0.25) is 4.90 Å². The van der Waals surface area contributed by atoms with Gasteiger partial charge in [0.2, 0.25) is 6.29 Å². The summed E-state index contributed by atoms with van der Waals surface area (Å²) in [4.78, 5) is 26.2. The number of morpholine rings is 1. The first-order valence-electron chi connectivity index (χ1n) is 9.79. The average Bonchev–Trinajstić information content (AvgIpc) is 3.43. The minimum absolute atomic E-state index is 0.0571. The van der Waals surface area contributed by atoms with Crippen LogP contribution >= 0.6 is 0 Å². The van der Waals surface area contributed by atoms with E-state index in [-0.39, 0.29) is 29.4 Å². The molecule has 1 fully saturated rings. The number of halogens is 3. The fraction of sp³-hybridized carbons (Fsp3) is 0.474. The molecule has 3 aromatic rings. The van der Waals surface area contributed by atoms with Crippen molar-refractivity contribution in [2.24, 2.45) is 0 Å². The zero-order valence-electron chi connectivity index (χ0n) is 16.9. The molecular weight excluding hydrogens is 437 g/mol. The number of rotatable bonds is 7. The smallest absolute Gasteiger partial charge is 0.459 e. The highest BCUT2D eigenvalue weighted by Gasteiger charge is 2.42. The summed E-state index contributed by atoms with van der Waals surface area (Å²) in [6.45, 7) is 4.26. The first-order chi connectivity index (χ1) is 15.3. The molecule has 1 aliphatic heterocycles. The SMILES string of the molecule is CCC(OC(=O)C(F)(F)F)Oc1nc(CN2CCOCC2)nc2oc(-c3ccco3)nc12. The standard InChI is InChI=1S/C19H19F3N4O6/c1-2-13(31-18(27)19(20,21)22)30-16-14-17(32-15(25-14)11-4-3-7-29-11)24-12(23-16)10-26-5-8-28-9-6-26/h3-4,7,13H,2,5-6,8-10H2,1H3. The molecule has 10 nitrogen and oxygen atoms in total. The Bertz CT molecular complexity index is 1060. The van der Waals surface area contributed by atoms with Crippen molar-refractivity contribution in [1.82, 2.24) is 19.9 Å². The summed E-state index contributed by atoms with van der Waals surface area (Å²) >= 11 is 0. The Kier molecular flexibility index (Phi) is 6.28. The van der Waals surface area contributed by atoms with Crippen molar-refractivity contribution in [2.75, 3.05) is 26.3 Å². The fourth-order valence-electron chi connectivity index (χ4n) is 2.96. The van der Waals surface area contributed by atoms with E-state index in [0.29, 0.717) is 44.4 Å². The first kappa shape index (κ1) is 22.0. The number of ether oxygens (including phenoxy) is 3. The lowest BCUT2D eigenvalue weighted by Crippen LogP contribution is -2.36. The second-order valence-electron chi connectivity index (χ2n) is 6.84. The highest BCUT2D eigenvalue weighted by atomic mass is 19.4. The van der Waals surface area contributed by atoms with E-state index in [2.05, 4.69) is 19.7 Å². The number of oxazole rings is 1. The Morgan fingerprint density at radius 2 is 2.03 bits per heavy atom. The van der Waals surface area contributed by atoms with Gasteiger partial charge >= 0.3 is 12.1 Å². The molecule has 0 N–H and O–H groups in total. The summed E-state index contributed by atoms with van der Waals surface area (Å²) in [5, 5.41) is 0. The number of furan rings is 1. The molecule has 1 atom stereocenters. The lowest BCUT2D eigenvalue weighted by Gasteiger charge is -2.25. The van der Waals surface area contributed by atoms with Crippen LogP contribution in [0.2, 0.25) is 0 Å². The Labute approximate surface area is 179 Å². The number of carbonyl (C=O) groups is 1. The molecule has 4 rings (SSSR count). The zero-order chi connectivity index (χ0) is 22.7. The number of nitrogens with zero attached hydrogens (tertiary/aromatic N) is 4. The van der Waals surface area contributed by atoms with Crippen LogP contribution in [0, 0.1) is 0 Å². The Morgan fingerprint density at radius 1 is 1.25 bits per heavy atom. The molecule has 13 heteroatoms. The molecule has 0 bridgehead atoms. The summed E-state index contributed by atoms with van der Waals surface area (Å²) in [7, 11) is 0. The Hall–Kier alpha value is -3.19. The van der Waals surface area contributed by atoms with E-state index in [4.69, 9.17) is 18.3 Å². The van der Waals surface area contributed by atoms with E-state index in [1.54, 1.807) is 12.1 Å². The van der Waals surface area contributed by atoms with Gasteiger partial charge in [0, 0.05) is 19.5 Å². The predicted molar refractivity (Wildman–Crippen MR) is 100 cm³/mol. The third-order valence-corrected chi connectivity index (χ3v) is 4.52. The van der Waals surface area contributed by atoms with Gasteiger partial charge in [0.05, 0.1) is 26.0 Å². The highest BCUT2D eigenvalue weighted by molar-refractivity contribution is 5.77. The molecule has 1 unspecified atom stereocenters. The van der Waals surface area contributed by atoms with Crippen LogP contribution in [0.15, 0.2) is 27.2 Å². The van der Waals surface area contributed by atoms with Crippen LogP contribution in [-0.4, -0.2) is 64.6 Å². The first-order valence-corrected chi connectivity index (χ1v) is 9.79. The van der Waals surface area contributed by atoms with E-state index in [9.17, 15) is 18.0 Å². The van der Waals surface area contributed by atoms with Crippen molar-refractivity contribution < 1.29 is 41.0 Å². The number of carbonyl (C=O) groups excluding carboxylic acids is 1. The second kappa shape index (κ2) is 9.12.